The second kappa shape index (κ2) is 4.90. The molecule has 20 heavy (non-hydrogen) atoms. The van der Waals surface area contributed by atoms with Crippen LogP contribution < -0.4 is 11.2 Å². The molecule has 1 saturated carbocycles. The number of hydrogen-bond acceptors (Lipinski definition) is 3. The van der Waals surface area contributed by atoms with Gasteiger partial charge < -0.3 is 10.5 Å². The van der Waals surface area contributed by atoms with Gasteiger partial charge in [-0.3, -0.25) is 14.9 Å². The van der Waals surface area contributed by atoms with Crippen LogP contribution in [0, 0.1) is 19.3 Å². The third-order valence-electron chi connectivity index (χ3n) is 4.72. The lowest BCUT2D eigenvalue weighted by Crippen LogP contribution is -2.75. The summed E-state index contributed by atoms with van der Waals surface area (Å²) in [5.74, 6) is -0.152. The fourth-order valence-corrected chi connectivity index (χ4v) is 2.87. The van der Waals surface area contributed by atoms with Crippen LogP contribution in [0.4, 0.5) is 0 Å². The maximum Gasteiger partial charge on any atom is 0.259 e. The Morgan fingerprint density at radius 2 is 2.00 bits per heavy atom. The van der Waals surface area contributed by atoms with Crippen LogP contribution in [0.3, 0.4) is 0 Å². The zero-order chi connectivity index (χ0) is 15.1. The molecule has 2 atom stereocenters. The third kappa shape index (κ3) is 2.05. The monoisotopic (exact) mass is 279 g/mol. The van der Waals surface area contributed by atoms with E-state index in [0.29, 0.717) is 13.0 Å². The van der Waals surface area contributed by atoms with Crippen molar-refractivity contribution in [1.82, 2.24) is 4.68 Å². The van der Waals surface area contributed by atoms with Gasteiger partial charge in [-0.25, -0.2) is 0 Å². The summed E-state index contributed by atoms with van der Waals surface area (Å²) in [7, 11) is 0. The second-order valence-corrected chi connectivity index (χ2v) is 6.23. The quantitative estimate of drug-likeness (QED) is 0.881. The molecule has 2 unspecified atom stereocenters. The molecule has 0 radical (unpaired) electrons. The first kappa shape index (κ1) is 15.1. The van der Waals surface area contributed by atoms with Gasteiger partial charge in [-0.05, 0) is 32.9 Å². The molecular weight excluding hydrogens is 254 g/mol. The van der Waals surface area contributed by atoms with E-state index in [-0.39, 0.29) is 17.4 Å². The van der Waals surface area contributed by atoms with Crippen LogP contribution in [0.25, 0.3) is 0 Å². The minimum absolute atomic E-state index is 0.0371. The third-order valence-corrected chi connectivity index (χ3v) is 4.72. The van der Waals surface area contributed by atoms with E-state index in [9.17, 15) is 4.79 Å². The van der Waals surface area contributed by atoms with E-state index in [4.69, 9.17) is 10.5 Å². The zero-order valence-corrected chi connectivity index (χ0v) is 13.0. The van der Waals surface area contributed by atoms with E-state index in [1.54, 1.807) is 4.68 Å². The summed E-state index contributed by atoms with van der Waals surface area (Å²) in [5.41, 5.74) is 9.98. The predicted octanol–water partition coefficient (Wildman–Crippen LogP) is 1.71. The molecule has 1 aromatic heterocycles. The largest absolute Gasteiger partial charge is 0.378 e. The summed E-state index contributed by atoms with van der Waals surface area (Å²) >= 11 is 0. The minimum atomic E-state index is -0.893. The minimum Gasteiger partial charge on any atom is -0.378 e. The maximum atomic E-state index is 12.6. The van der Waals surface area contributed by atoms with Crippen molar-refractivity contribution < 1.29 is 9.53 Å². The molecule has 0 saturated heterocycles. The van der Waals surface area contributed by atoms with E-state index in [1.165, 1.54) is 0 Å². The number of nitrogens with two attached hydrogens (primary N) is 1. The Kier molecular flexibility index (Phi) is 3.69. The van der Waals surface area contributed by atoms with E-state index in [1.807, 2.05) is 46.8 Å². The van der Waals surface area contributed by atoms with Gasteiger partial charge in [0.25, 0.3) is 5.91 Å². The number of hydrogen-bond donors (Lipinski definition) is 2. The highest BCUT2D eigenvalue weighted by molar-refractivity contribution is 5.95. The number of rotatable bonds is 4. The van der Waals surface area contributed by atoms with Crippen LogP contribution in [-0.2, 0) is 9.53 Å². The highest BCUT2D eigenvalue weighted by Crippen LogP contribution is 2.49. The lowest BCUT2D eigenvalue weighted by atomic mass is 9.54. The lowest BCUT2D eigenvalue weighted by molar-refractivity contribution is -0.167. The Morgan fingerprint density at radius 3 is 2.45 bits per heavy atom. The van der Waals surface area contributed by atoms with Crippen LogP contribution in [-0.4, -0.2) is 28.8 Å². The first-order valence-electron chi connectivity index (χ1n) is 7.11. The summed E-state index contributed by atoms with van der Waals surface area (Å²) in [6.45, 7) is 10.5. The maximum absolute atomic E-state index is 12.6. The molecule has 0 aromatic carbocycles. The van der Waals surface area contributed by atoms with Gasteiger partial charge in [0, 0.05) is 29.8 Å². The van der Waals surface area contributed by atoms with E-state index < -0.39 is 5.54 Å². The Labute approximate surface area is 120 Å². The van der Waals surface area contributed by atoms with Crippen molar-refractivity contribution in [3.8, 4) is 0 Å². The van der Waals surface area contributed by atoms with Crippen molar-refractivity contribution in [2.75, 3.05) is 12.0 Å². The number of amides is 1. The molecule has 1 aromatic rings. The summed E-state index contributed by atoms with van der Waals surface area (Å²) in [6.07, 6.45) is 0.592. The first-order chi connectivity index (χ1) is 9.24. The average molecular weight is 279 g/mol. The second-order valence-electron chi connectivity index (χ2n) is 6.23. The summed E-state index contributed by atoms with van der Waals surface area (Å²) in [6, 6.07) is 3.93. The van der Waals surface area contributed by atoms with E-state index >= 15 is 0 Å². The highest BCUT2D eigenvalue weighted by atomic mass is 16.5. The molecule has 112 valence electrons. The van der Waals surface area contributed by atoms with Crippen molar-refractivity contribution in [1.29, 1.82) is 0 Å². The molecule has 1 aliphatic carbocycles. The fourth-order valence-electron chi connectivity index (χ4n) is 2.87. The molecule has 0 aliphatic heterocycles. The molecule has 0 spiro atoms. The molecular formula is C15H25N3O2. The highest BCUT2D eigenvalue weighted by Gasteiger charge is 2.63. The Balaban J connectivity index is 2.14. The number of nitrogens with one attached hydrogen (secondary N) is 1. The van der Waals surface area contributed by atoms with Crippen LogP contribution >= 0.6 is 0 Å². The van der Waals surface area contributed by atoms with Crippen LogP contribution in [0.1, 0.15) is 38.6 Å². The molecule has 1 heterocycles. The molecule has 1 amide bonds. The number of nitrogens with zero attached hydrogens (tertiary/aromatic N) is 1. The number of carbonyl (C=O) groups excluding carboxylic acids is 1. The van der Waals surface area contributed by atoms with Gasteiger partial charge in [-0.15, -0.1) is 0 Å². The Bertz CT molecular complexity index is 502. The van der Waals surface area contributed by atoms with Crippen LogP contribution in [0.5, 0.6) is 0 Å². The summed E-state index contributed by atoms with van der Waals surface area (Å²) < 4.78 is 7.43. The molecule has 1 aliphatic rings. The SMILES string of the molecule is CCOC1CC(N)(C(=O)Nn2c(C)ccc2C)C1(C)C. The van der Waals surface area contributed by atoms with Gasteiger partial charge in [0.2, 0.25) is 0 Å². The van der Waals surface area contributed by atoms with Crippen molar-refractivity contribution >= 4 is 5.91 Å². The average Bonchev–Trinajstić information content (AvgIpc) is 2.70. The number of ether oxygens (including phenoxy) is 1. The molecule has 1 fully saturated rings. The smallest absolute Gasteiger partial charge is 0.259 e. The predicted molar refractivity (Wildman–Crippen MR) is 79.0 cm³/mol. The Morgan fingerprint density at radius 1 is 1.45 bits per heavy atom. The molecule has 3 N–H and O–H groups in total. The molecule has 5 nitrogen and oxygen atoms in total. The van der Waals surface area contributed by atoms with Gasteiger partial charge in [0.05, 0.1) is 6.10 Å². The van der Waals surface area contributed by atoms with Gasteiger partial charge in [0.15, 0.2) is 0 Å². The molecule has 2 rings (SSSR count). The Hall–Kier alpha value is -1.33. The van der Waals surface area contributed by atoms with Crippen molar-refractivity contribution in [3.63, 3.8) is 0 Å². The molecule has 0 bridgehead atoms. The number of aromatic nitrogens is 1. The van der Waals surface area contributed by atoms with Gasteiger partial charge in [-0.2, -0.15) is 0 Å². The van der Waals surface area contributed by atoms with Crippen LogP contribution in [0.2, 0.25) is 0 Å². The van der Waals surface area contributed by atoms with E-state index in [2.05, 4.69) is 5.43 Å². The number of carbonyl (C=O) groups is 1. The van der Waals surface area contributed by atoms with Gasteiger partial charge in [0.1, 0.15) is 5.54 Å². The standard InChI is InChI=1S/C15H25N3O2/c1-6-20-12-9-15(16,14(12,4)5)13(19)17-18-10(2)7-8-11(18)3/h7-8,12H,6,9,16H2,1-5H3,(H,17,19). The van der Waals surface area contributed by atoms with Crippen molar-refractivity contribution in [2.45, 2.75) is 52.7 Å². The summed E-state index contributed by atoms with van der Waals surface area (Å²) in [5, 5.41) is 0. The van der Waals surface area contributed by atoms with Gasteiger partial charge >= 0.3 is 0 Å². The van der Waals surface area contributed by atoms with E-state index in [0.717, 1.165) is 11.4 Å². The first-order valence-corrected chi connectivity index (χ1v) is 7.11. The summed E-state index contributed by atoms with van der Waals surface area (Å²) in [4.78, 5) is 12.6. The molecule has 5 heteroatoms. The van der Waals surface area contributed by atoms with Gasteiger partial charge in [-0.1, -0.05) is 13.8 Å². The van der Waals surface area contributed by atoms with Crippen LogP contribution in [0.15, 0.2) is 12.1 Å². The van der Waals surface area contributed by atoms with Crippen molar-refractivity contribution in [2.24, 2.45) is 11.1 Å². The number of aryl methyl sites for hydroxylation is 2. The lowest BCUT2D eigenvalue weighted by Gasteiger charge is -2.57. The normalized spacial score (nSPS) is 28.0. The fraction of sp³-hybridized carbons (Fsp3) is 0.667. The van der Waals surface area contributed by atoms with Crippen molar-refractivity contribution in [3.05, 3.63) is 23.5 Å². The topological polar surface area (TPSA) is 69.3 Å². The zero-order valence-electron chi connectivity index (χ0n) is 13.0.